The first-order chi connectivity index (χ1) is 26.1. The van der Waals surface area contributed by atoms with Crippen LogP contribution < -0.4 is 5.32 Å². The molecule has 53 heavy (non-hydrogen) atoms. The molecule has 0 aliphatic heterocycles. The van der Waals surface area contributed by atoms with Crippen LogP contribution in [-0.4, -0.2) is 46.1 Å². The third-order valence-corrected chi connectivity index (χ3v) is 11.7. The van der Waals surface area contributed by atoms with E-state index in [1.54, 1.807) is 0 Å². The van der Waals surface area contributed by atoms with E-state index in [-0.39, 0.29) is 6.61 Å². The van der Waals surface area contributed by atoms with Crippen LogP contribution in [0.25, 0.3) is 0 Å². The summed E-state index contributed by atoms with van der Waals surface area (Å²) in [6, 6.07) is -0.705. The van der Waals surface area contributed by atoms with Crippen molar-refractivity contribution in [2.75, 3.05) is 6.61 Å². The topological polar surface area (TPSA) is 89.8 Å². The van der Waals surface area contributed by atoms with Crippen LogP contribution in [0.1, 0.15) is 277 Å². The second-order valence-corrected chi connectivity index (χ2v) is 17.0. The minimum absolute atomic E-state index is 0.308. The Morgan fingerprint density at radius 1 is 0.377 bits per heavy atom. The molecule has 3 unspecified atom stereocenters. The Kier molecular flexibility index (Phi) is 43.5. The van der Waals surface area contributed by atoms with E-state index in [0.717, 1.165) is 32.1 Å². The van der Waals surface area contributed by atoms with E-state index in [1.807, 2.05) is 0 Å². The maximum atomic E-state index is 12.5. The molecule has 0 aromatic rings. The van der Waals surface area contributed by atoms with E-state index < -0.39 is 24.2 Å². The fourth-order valence-electron chi connectivity index (χ4n) is 7.90. The summed E-state index contributed by atoms with van der Waals surface area (Å²) in [4.78, 5) is 12.5. The minimum Gasteiger partial charge on any atom is -0.394 e. The zero-order valence-electron chi connectivity index (χ0n) is 36.2. The van der Waals surface area contributed by atoms with Crippen LogP contribution in [-0.2, 0) is 4.79 Å². The van der Waals surface area contributed by atoms with E-state index >= 15 is 0 Å². The first-order valence-corrected chi connectivity index (χ1v) is 24.3. The number of hydrogen-bond acceptors (Lipinski definition) is 4. The fourth-order valence-corrected chi connectivity index (χ4v) is 7.90. The molecule has 1 amide bonds. The highest BCUT2D eigenvalue weighted by Gasteiger charge is 2.23. The number of aliphatic hydroxyl groups is 3. The van der Waals surface area contributed by atoms with Gasteiger partial charge in [-0.25, -0.2) is 0 Å². The van der Waals surface area contributed by atoms with E-state index in [4.69, 9.17) is 0 Å². The number of hydrogen-bond donors (Lipinski definition) is 4. The van der Waals surface area contributed by atoms with Crippen LogP contribution in [0, 0.1) is 0 Å². The number of amides is 1. The van der Waals surface area contributed by atoms with Gasteiger partial charge in [-0.05, 0) is 12.8 Å². The van der Waals surface area contributed by atoms with Crippen molar-refractivity contribution in [3.8, 4) is 0 Å². The highest BCUT2D eigenvalue weighted by atomic mass is 16.3. The maximum Gasteiger partial charge on any atom is 0.249 e. The zero-order valence-corrected chi connectivity index (χ0v) is 36.2. The van der Waals surface area contributed by atoms with Gasteiger partial charge in [0, 0.05) is 0 Å². The van der Waals surface area contributed by atoms with Crippen molar-refractivity contribution in [3.63, 3.8) is 0 Å². The summed E-state index contributed by atoms with van der Waals surface area (Å²) < 4.78 is 0. The molecular weight excluding hydrogens is 655 g/mol. The molecule has 0 heterocycles. The first kappa shape index (κ1) is 52.3. The van der Waals surface area contributed by atoms with E-state index in [2.05, 4.69) is 19.2 Å². The van der Waals surface area contributed by atoms with Crippen LogP contribution in [0.2, 0.25) is 0 Å². The molecule has 0 bridgehead atoms. The van der Waals surface area contributed by atoms with Crippen LogP contribution >= 0.6 is 0 Å². The first-order valence-electron chi connectivity index (χ1n) is 24.3. The molecule has 0 aliphatic carbocycles. The summed E-state index contributed by atoms with van der Waals surface area (Å²) in [6.45, 7) is 4.26. The van der Waals surface area contributed by atoms with Crippen molar-refractivity contribution >= 4 is 5.91 Å². The molecule has 0 rings (SSSR count). The van der Waals surface area contributed by atoms with Crippen LogP contribution in [0.15, 0.2) is 0 Å². The van der Waals surface area contributed by atoms with Gasteiger partial charge >= 0.3 is 0 Å². The molecule has 0 aromatic heterocycles. The average Bonchev–Trinajstić information content (AvgIpc) is 3.16. The van der Waals surface area contributed by atoms with Gasteiger partial charge in [0.15, 0.2) is 0 Å². The monoisotopic (exact) mass is 752 g/mol. The zero-order chi connectivity index (χ0) is 38.7. The maximum absolute atomic E-state index is 12.5. The lowest BCUT2D eigenvalue weighted by Crippen LogP contribution is -2.49. The molecular formula is C48H97NO4. The Balaban J connectivity index is 3.51. The Bertz CT molecular complexity index is 703. The van der Waals surface area contributed by atoms with Gasteiger partial charge < -0.3 is 20.6 Å². The minimum atomic E-state index is -1.07. The highest BCUT2D eigenvalue weighted by molar-refractivity contribution is 5.80. The second kappa shape index (κ2) is 44.1. The largest absolute Gasteiger partial charge is 0.394 e. The Morgan fingerprint density at radius 3 is 0.849 bits per heavy atom. The van der Waals surface area contributed by atoms with Gasteiger partial charge in [-0.15, -0.1) is 0 Å². The average molecular weight is 752 g/mol. The lowest BCUT2D eigenvalue weighted by atomic mass is 10.0. The third-order valence-electron chi connectivity index (χ3n) is 11.7. The van der Waals surface area contributed by atoms with E-state index in [0.29, 0.717) is 12.8 Å². The molecule has 0 aromatic carbocycles. The number of nitrogens with one attached hydrogen (secondary N) is 1. The summed E-state index contributed by atoms with van der Waals surface area (Å²) in [7, 11) is 0. The lowest BCUT2D eigenvalue weighted by Gasteiger charge is -2.23. The number of aliphatic hydroxyl groups excluding tert-OH is 3. The molecule has 0 fully saturated rings. The fraction of sp³-hybridized carbons (Fsp3) is 0.979. The molecule has 5 heteroatoms. The van der Waals surface area contributed by atoms with Crippen molar-refractivity contribution in [2.24, 2.45) is 0 Å². The van der Waals surface area contributed by atoms with Gasteiger partial charge in [0.2, 0.25) is 5.91 Å². The summed E-state index contributed by atoms with van der Waals surface area (Å²) in [6.07, 6.45) is 51.2. The van der Waals surface area contributed by atoms with Crippen molar-refractivity contribution < 1.29 is 20.1 Å². The van der Waals surface area contributed by atoms with Gasteiger partial charge in [-0.3, -0.25) is 4.79 Å². The number of unbranched alkanes of at least 4 members (excludes halogenated alkanes) is 37. The van der Waals surface area contributed by atoms with Crippen molar-refractivity contribution in [1.82, 2.24) is 5.32 Å². The molecule has 0 aliphatic rings. The van der Waals surface area contributed by atoms with Crippen molar-refractivity contribution in [3.05, 3.63) is 0 Å². The molecule has 0 saturated carbocycles. The Labute approximate surface area is 332 Å². The van der Waals surface area contributed by atoms with Crippen LogP contribution in [0.3, 0.4) is 0 Å². The second-order valence-electron chi connectivity index (χ2n) is 17.0. The molecule has 0 spiro atoms. The molecule has 0 radical (unpaired) electrons. The van der Waals surface area contributed by atoms with Gasteiger partial charge in [-0.2, -0.15) is 0 Å². The number of carbonyl (C=O) groups is 1. The third kappa shape index (κ3) is 39.4. The molecule has 3 atom stereocenters. The SMILES string of the molecule is CCCCCCCCCCCCCCCCCCCCCCCCCCCC(O)C(=O)NC(CO)C(O)CCCCCCCCCCCCCCCC. The van der Waals surface area contributed by atoms with Gasteiger partial charge in [0.25, 0.3) is 0 Å². The Hall–Kier alpha value is -0.650. The summed E-state index contributed by atoms with van der Waals surface area (Å²) in [5.74, 6) is -0.464. The Morgan fingerprint density at radius 2 is 0.604 bits per heavy atom. The molecule has 4 N–H and O–H groups in total. The summed E-state index contributed by atoms with van der Waals surface area (Å²) in [5.41, 5.74) is 0. The summed E-state index contributed by atoms with van der Waals surface area (Å²) >= 11 is 0. The lowest BCUT2D eigenvalue weighted by molar-refractivity contribution is -0.131. The van der Waals surface area contributed by atoms with Gasteiger partial charge in [0.05, 0.1) is 18.8 Å². The van der Waals surface area contributed by atoms with Crippen LogP contribution in [0.5, 0.6) is 0 Å². The number of carbonyl (C=O) groups excluding carboxylic acids is 1. The standard InChI is InChI=1S/C48H97NO4/c1-3-5-7-9-11-13-15-17-19-20-21-22-23-24-25-26-27-28-29-31-33-35-37-39-41-43-47(52)48(53)49-45(44-50)46(51)42-40-38-36-34-32-30-18-16-14-12-10-8-6-4-2/h45-47,50-52H,3-44H2,1-2H3,(H,49,53). The molecule has 0 saturated heterocycles. The smallest absolute Gasteiger partial charge is 0.249 e. The predicted molar refractivity (Wildman–Crippen MR) is 232 cm³/mol. The van der Waals surface area contributed by atoms with E-state index in [1.165, 1.54) is 218 Å². The normalized spacial score (nSPS) is 13.4. The van der Waals surface area contributed by atoms with Gasteiger partial charge in [-0.1, -0.05) is 264 Å². The summed E-state index contributed by atoms with van der Waals surface area (Å²) in [5, 5.41) is 33.4. The predicted octanol–water partition coefficient (Wildman–Crippen LogP) is 14.2. The molecule has 318 valence electrons. The van der Waals surface area contributed by atoms with Gasteiger partial charge in [0.1, 0.15) is 6.10 Å². The highest BCUT2D eigenvalue weighted by Crippen LogP contribution is 2.18. The van der Waals surface area contributed by atoms with E-state index in [9.17, 15) is 20.1 Å². The van der Waals surface area contributed by atoms with Crippen molar-refractivity contribution in [1.29, 1.82) is 0 Å². The molecule has 5 nitrogen and oxygen atoms in total. The van der Waals surface area contributed by atoms with Crippen molar-refractivity contribution in [2.45, 2.75) is 295 Å². The quantitative estimate of drug-likeness (QED) is 0.0466. The number of rotatable bonds is 45. The van der Waals surface area contributed by atoms with Crippen LogP contribution in [0.4, 0.5) is 0 Å².